The quantitative estimate of drug-likeness (QED) is 0.872. The molecule has 0 radical (unpaired) electrons. The number of hydrogen-bond donors (Lipinski definition) is 1. The van der Waals surface area contributed by atoms with E-state index >= 15 is 0 Å². The molecule has 2 aromatic carbocycles. The summed E-state index contributed by atoms with van der Waals surface area (Å²) >= 11 is 0. The van der Waals surface area contributed by atoms with E-state index in [4.69, 9.17) is 0 Å². The molecule has 2 aromatic rings. The Morgan fingerprint density at radius 3 is 1.53 bits per heavy atom. The van der Waals surface area contributed by atoms with Crippen molar-refractivity contribution in [1.82, 2.24) is 0 Å². The lowest BCUT2D eigenvalue weighted by atomic mass is 9.87. The summed E-state index contributed by atoms with van der Waals surface area (Å²) in [6.45, 7) is 4.83. The van der Waals surface area contributed by atoms with Gasteiger partial charge in [0.05, 0.1) is 0 Å². The fraction of sp³-hybridized carbons (Fsp3) is 0.250. The van der Waals surface area contributed by atoms with Crippen molar-refractivity contribution in [3.8, 4) is 0 Å². The SMILES string of the molecule is Cc1ccc(C(C)(O)c2ccc(C)c(F)c2)cc1F. The summed E-state index contributed by atoms with van der Waals surface area (Å²) in [6, 6.07) is 9.07. The lowest BCUT2D eigenvalue weighted by Crippen LogP contribution is -2.23. The molecule has 0 atom stereocenters. The third kappa shape index (κ3) is 2.51. The van der Waals surface area contributed by atoms with Crippen LogP contribution in [0.1, 0.15) is 29.2 Å². The molecule has 0 saturated heterocycles. The second-order valence-corrected chi connectivity index (χ2v) is 5.00. The van der Waals surface area contributed by atoms with Gasteiger partial charge in [-0.2, -0.15) is 0 Å². The first kappa shape index (κ1) is 13.7. The summed E-state index contributed by atoms with van der Waals surface area (Å²) in [6.07, 6.45) is 0. The summed E-state index contributed by atoms with van der Waals surface area (Å²) in [4.78, 5) is 0. The lowest BCUT2D eigenvalue weighted by molar-refractivity contribution is 0.101. The minimum Gasteiger partial charge on any atom is -0.381 e. The van der Waals surface area contributed by atoms with Gasteiger partial charge in [0.1, 0.15) is 17.2 Å². The number of benzene rings is 2. The van der Waals surface area contributed by atoms with Crippen molar-refractivity contribution in [2.24, 2.45) is 0 Å². The van der Waals surface area contributed by atoms with E-state index < -0.39 is 5.60 Å². The molecule has 19 heavy (non-hydrogen) atoms. The molecule has 0 aromatic heterocycles. The van der Waals surface area contributed by atoms with Crippen LogP contribution in [0.4, 0.5) is 8.78 Å². The van der Waals surface area contributed by atoms with E-state index in [0.717, 1.165) is 0 Å². The molecule has 0 spiro atoms. The van der Waals surface area contributed by atoms with Crippen LogP contribution in [-0.4, -0.2) is 5.11 Å². The van der Waals surface area contributed by atoms with Gasteiger partial charge in [-0.25, -0.2) is 8.78 Å². The fourth-order valence-corrected chi connectivity index (χ4v) is 1.96. The second-order valence-electron chi connectivity index (χ2n) is 5.00. The highest BCUT2D eigenvalue weighted by Crippen LogP contribution is 2.30. The van der Waals surface area contributed by atoms with Crippen LogP contribution in [0.2, 0.25) is 0 Å². The smallest absolute Gasteiger partial charge is 0.126 e. The van der Waals surface area contributed by atoms with Gasteiger partial charge in [0.15, 0.2) is 0 Å². The molecule has 3 heteroatoms. The summed E-state index contributed by atoms with van der Waals surface area (Å²) in [5, 5.41) is 10.6. The van der Waals surface area contributed by atoms with Gasteiger partial charge < -0.3 is 5.11 Å². The first-order valence-corrected chi connectivity index (χ1v) is 6.08. The molecule has 1 nitrogen and oxygen atoms in total. The largest absolute Gasteiger partial charge is 0.381 e. The molecule has 0 aliphatic carbocycles. The highest BCUT2D eigenvalue weighted by atomic mass is 19.1. The molecular formula is C16H16F2O. The standard InChI is InChI=1S/C16H16F2O/c1-10-4-6-12(8-14(10)17)16(3,19)13-7-5-11(2)15(18)9-13/h4-9,19H,1-3H3. The molecule has 2 rings (SSSR count). The Morgan fingerprint density at radius 2 is 1.21 bits per heavy atom. The Labute approximate surface area is 111 Å². The van der Waals surface area contributed by atoms with Crippen molar-refractivity contribution in [2.75, 3.05) is 0 Å². The number of aliphatic hydroxyl groups is 1. The van der Waals surface area contributed by atoms with E-state index in [1.54, 1.807) is 38.1 Å². The van der Waals surface area contributed by atoms with Crippen molar-refractivity contribution in [1.29, 1.82) is 0 Å². The van der Waals surface area contributed by atoms with Gasteiger partial charge in [-0.15, -0.1) is 0 Å². The van der Waals surface area contributed by atoms with Gasteiger partial charge >= 0.3 is 0 Å². The zero-order chi connectivity index (χ0) is 14.2. The molecule has 0 aliphatic heterocycles. The molecule has 0 bridgehead atoms. The highest BCUT2D eigenvalue weighted by molar-refractivity contribution is 5.38. The Balaban J connectivity index is 2.51. The van der Waals surface area contributed by atoms with Crippen LogP contribution < -0.4 is 0 Å². The molecule has 0 aliphatic rings. The van der Waals surface area contributed by atoms with Gasteiger partial charge in [0.25, 0.3) is 0 Å². The number of rotatable bonds is 2. The Morgan fingerprint density at radius 1 is 0.842 bits per heavy atom. The van der Waals surface area contributed by atoms with E-state index in [9.17, 15) is 13.9 Å². The van der Waals surface area contributed by atoms with Gasteiger partial charge in [-0.1, -0.05) is 24.3 Å². The number of halogens is 2. The van der Waals surface area contributed by atoms with Crippen molar-refractivity contribution in [3.05, 3.63) is 70.3 Å². The molecular weight excluding hydrogens is 246 g/mol. The summed E-state index contributed by atoms with van der Waals surface area (Å²) in [7, 11) is 0. The molecule has 0 fully saturated rings. The van der Waals surface area contributed by atoms with Crippen LogP contribution in [0.5, 0.6) is 0 Å². The maximum Gasteiger partial charge on any atom is 0.126 e. The third-order valence-corrected chi connectivity index (χ3v) is 3.47. The third-order valence-electron chi connectivity index (χ3n) is 3.47. The van der Waals surface area contributed by atoms with Crippen molar-refractivity contribution < 1.29 is 13.9 Å². The van der Waals surface area contributed by atoms with Crippen molar-refractivity contribution in [2.45, 2.75) is 26.4 Å². The molecule has 1 N–H and O–H groups in total. The average Bonchev–Trinajstić information content (AvgIpc) is 2.35. The number of hydrogen-bond acceptors (Lipinski definition) is 1. The van der Waals surface area contributed by atoms with E-state index in [1.165, 1.54) is 19.1 Å². The van der Waals surface area contributed by atoms with E-state index in [1.807, 2.05) is 0 Å². The van der Waals surface area contributed by atoms with Gasteiger partial charge in [-0.05, 0) is 55.2 Å². The minimum atomic E-state index is -1.43. The Bertz CT molecular complexity index is 565. The normalized spacial score (nSPS) is 11.7. The first-order valence-electron chi connectivity index (χ1n) is 6.08. The van der Waals surface area contributed by atoms with E-state index in [2.05, 4.69) is 0 Å². The van der Waals surface area contributed by atoms with Gasteiger partial charge in [0.2, 0.25) is 0 Å². The van der Waals surface area contributed by atoms with Crippen LogP contribution in [0, 0.1) is 25.5 Å². The summed E-state index contributed by atoms with van der Waals surface area (Å²) in [5.74, 6) is -0.768. The summed E-state index contributed by atoms with van der Waals surface area (Å²) in [5.41, 5.74) is 0.394. The Hall–Kier alpha value is -1.74. The minimum absolute atomic E-state index is 0.384. The zero-order valence-corrected chi connectivity index (χ0v) is 11.2. The van der Waals surface area contributed by atoms with Crippen LogP contribution in [0.25, 0.3) is 0 Å². The van der Waals surface area contributed by atoms with Crippen LogP contribution in [0.15, 0.2) is 36.4 Å². The van der Waals surface area contributed by atoms with Crippen LogP contribution in [-0.2, 0) is 5.60 Å². The summed E-state index contributed by atoms with van der Waals surface area (Å²) < 4.78 is 27.2. The fourth-order valence-electron chi connectivity index (χ4n) is 1.96. The average molecular weight is 262 g/mol. The zero-order valence-electron chi connectivity index (χ0n) is 11.2. The van der Waals surface area contributed by atoms with Crippen LogP contribution >= 0.6 is 0 Å². The molecule has 0 heterocycles. The lowest BCUT2D eigenvalue weighted by Gasteiger charge is -2.25. The molecule has 0 unspecified atom stereocenters. The monoisotopic (exact) mass is 262 g/mol. The van der Waals surface area contributed by atoms with E-state index in [0.29, 0.717) is 22.3 Å². The molecule has 0 amide bonds. The molecule has 100 valence electrons. The van der Waals surface area contributed by atoms with Crippen molar-refractivity contribution in [3.63, 3.8) is 0 Å². The predicted molar refractivity (Wildman–Crippen MR) is 70.9 cm³/mol. The maximum atomic E-state index is 13.6. The van der Waals surface area contributed by atoms with Gasteiger partial charge in [0, 0.05) is 0 Å². The number of aryl methyl sites for hydroxylation is 2. The van der Waals surface area contributed by atoms with E-state index in [-0.39, 0.29) is 11.6 Å². The van der Waals surface area contributed by atoms with Crippen LogP contribution in [0.3, 0.4) is 0 Å². The molecule has 0 saturated carbocycles. The second kappa shape index (κ2) is 4.74. The predicted octanol–water partition coefficient (Wildman–Crippen LogP) is 3.84. The Kier molecular flexibility index (Phi) is 3.42. The van der Waals surface area contributed by atoms with Gasteiger partial charge in [-0.3, -0.25) is 0 Å². The maximum absolute atomic E-state index is 13.6. The topological polar surface area (TPSA) is 20.2 Å². The highest BCUT2D eigenvalue weighted by Gasteiger charge is 2.27. The first-order chi connectivity index (χ1) is 8.82. The van der Waals surface area contributed by atoms with Crippen molar-refractivity contribution >= 4 is 0 Å².